The van der Waals surface area contributed by atoms with E-state index in [4.69, 9.17) is 0 Å². The Balaban J connectivity index is 3.29. The van der Waals surface area contributed by atoms with Crippen molar-refractivity contribution < 1.29 is 14.3 Å². The molecule has 4 heteroatoms. The lowest BCUT2D eigenvalue weighted by Gasteiger charge is -2.36. The zero-order chi connectivity index (χ0) is 13.1. The van der Waals surface area contributed by atoms with Crippen LogP contribution in [0.3, 0.4) is 0 Å². The summed E-state index contributed by atoms with van der Waals surface area (Å²) in [6.45, 7) is 6.58. The first-order chi connectivity index (χ1) is 7.96. The topological polar surface area (TPSA) is 40.5 Å². The van der Waals surface area contributed by atoms with Crippen molar-refractivity contribution in [3.63, 3.8) is 0 Å². The molecule has 0 aliphatic carbocycles. The van der Waals surface area contributed by atoms with E-state index in [0.29, 0.717) is 18.7 Å². The van der Waals surface area contributed by atoms with Crippen molar-refractivity contribution in [1.82, 2.24) is 4.90 Å². The van der Waals surface area contributed by atoms with Gasteiger partial charge < -0.3 is 5.11 Å². The number of hydrogen-bond acceptors (Lipinski definition) is 2. The number of nitrogens with zero attached hydrogens (tertiary/aromatic N) is 1. The number of halogens is 1. The maximum absolute atomic E-state index is 13.2. The molecule has 0 radical (unpaired) electrons. The number of hydrogen-bond donors (Lipinski definition) is 1. The van der Waals surface area contributed by atoms with Gasteiger partial charge in [0.15, 0.2) is 0 Å². The highest BCUT2D eigenvalue weighted by atomic mass is 19.1. The van der Waals surface area contributed by atoms with Crippen molar-refractivity contribution >= 4 is 5.97 Å². The van der Waals surface area contributed by atoms with Gasteiger partial charge in [-0.25, -0.2) is 9.18 Å². The third-order valence-corrected chi connectivity index (χ3v) is 3.20. The molecular formula is C13H18FNO2. The van der Waals surface area contributed by atoms with Crippen LogP contribution in [0.4, 0.5) is 4.39 Å². The van der Waals surface area contributed by atoms with E-state index in [9.17, 15) is 14.3 Å². The molecule has 0 aliphatic heterocycles. The van der Waals surface area contributed by atoms with Gasteiger partial charge in [0, 0.05) is 0 Å². The van der Waals surface area contributed by atoms with Crippen LogP contribution in [-0.4, -0.2) is 29.1 Å². The van der Waals surface area contributed by atoms with Crippen LogP contribution >= 0.6 is 0 Å². The van der Waals surface area contributed by atoms with E-state index in [2.05, 4.69) is 0 Å². The Morgan fingerprint density at radius 1 is 1.41 bits per heavy atom. The van der Waals surface area contributed by atoms with E-state index in [1.54, 1.807) is 17.9 Å². The molecule has 3 nitrogen and oxygen atoms in total. The lowest BCUT2D eigenvalue weighted by Crippen LogP contribution is -2.49. The fraction of sp³-hybridized carbons (Fsp3) is 0.462. The van der Waals surface area contributed by atoms with Gasteiger partial charge in [0.25, 0.3) is 0 Å². The molecular weight excluding hydrogens is 221 g/mol. The fourth-order valence-electron chi connectivity index (χ4n) is 2.09. The zero-order valence-electron chi connectivity index (χ0n) is 10.4. The minimum absolute atomic E-state index is 0.415. The second-order valence-electron chi connectivity index (χ2n) is 4.06. The first kappa shape index (κ1) is 13.6. The van der Waals surface area contributed by atoms with Crippen LogP contribution in [0.1, 0.15) is 26.3 Å². The van der Waals surface area contributed by atoms with Gasteiger partial charge in [-0.3, -0.25) is 4.90 Å². The number of rotatable bonds is 5. The maximum Gasteiger partial charge on any atom is 0.328 e. The second-order valence-corrected chi connectivity index (χ2v) is 4.06. The monoisotopic (exact) mass is 239 g/mol. The number of carboxylic acids is 1. The van der Waals surface area contributed by atoms with Crippen LogP contribution in [0.15, 0.2) is 24.3 Å². The summed E-state index contributed by atoms with van der Waals surface area (Å²) in [6, 6.07) is 5.78. The van der Waals surface area contributed by atoms with Gasteiger partial charge in [-0.05, 0) is 37.7 Å². The smallest absolute Gasteiger partial charge is 0.328 e. The van der Waals surface area contributed by atoms with E-state index in [0.717, 1.165) is 0 Å². The summed E-state index contributed by atoms with van der Waals surface area (Å²) in [5.41, 5.74) is -0.722. The van der Waals surface area contributed by atoms with Gasteiger partial charge >= 0.3 is 5.97 Å². The number of benzene rings is 1. The summed E-state index contributed by atoms with van der Waals surface area (Å²) >= 11 is 0. The molecule has 1 aromatic carbocycles. The Hall–Kier alpha value is -1.42. The van der Waals surface area contributed by atoms with Gasteiger partial charge in [0.2, 0.25) is 0 Å². The predicted octanol–water partition coefficient (Wildman–Crippen LogP) is 2.47. The third kappa shape index (κ3) is 2.47. The quantitative estimate of drug-likeness (QED) is 0.858. The van der Waals surface area contributed by atoms with Crippen LogP contribution in [0.25, 0.3) is 0 Å². The van der Waals surface area contributed by atoms with Crippen LogP contribution in [-0.2, 0) is 10.3 Å². The molecule has 1 N–H and O–H groups in total. The highest BCUT2D eigenvalue weighted by molar-refractivity contribution is 5.80. The van der Waals surface area contributed by atoms with Gasteiger partial charge in [-0.1, -0.05) is 26.0 Å². The maximum atomic E-state index is 13.2. The van der Waals surface area contributed by atoms with Gasteiger partial charge in [0.1, 0.15) is 11.4 Å². The number of carboxylic acid groups (broad SMARTS) is 1. The van der Waals surface area contributed by atoms with Crippen LogP contribution in [0.2, 0.25) is 0 Å². The highest BCUT2D eigenvalue weighted by Crippen LogP contribution is 2.28. The molecule has 0 spiro atoms. The first-order valence-corrected chi connectivity index (χ1v) is 5.71. The van der Waals surface area contributed by atoms with Gasteiger partial charge in [-0.2, -0.15) is 0 Å². The largest absolute Gasteiger partial charge is 0.480 e. The molecule has 0 fully saturated rings. The van der Waals surface area contributed by atoms with Crippen molar-refractivity contribution in [2.45, 2.75) is 26.3 Å². The minimum Gasteiger partial charge on any atom is -0.480 e. The Morgan fingerprint density at radius 3 is 2.41 bits per heavy atom. The Labute approximate surface area is 101 Å². The van der Waals surface area contributed by atoms with Crippen LogP contribution < -0.4 is 0 Å². The summed E-state index contributed by atoms with van der Waals surface area (Å²) in [7, 11) is 0. The average molecular weight is 239 g/mol. The number of likely N-dealkylation sites (N-methyl/N-ethyl adjacent to an activating group) is 1. The van der Waals surface area contributed by atoms with Gasteiger partial charge in [0.05, 0.1) is 0 Å². The molecule has 0 aliphatic rings. The Morgan fingerprint density at radius 2 is 2.00 bits per heavy atom. The SMILES string of the molecule is CCN(CC)[C@@](C)(C(=O)O)c1cccc(F)c1. The van der Waals surface area contributed by atoms with Crippen LogP contribution in [0, 0.1) is 5.82 Å². The lowest BCUT2D eigenvalue weighted by molar-refractivity contribution is -0.151. The minimum atomic E-state index is -1.19. The van der Waals surface area contributed by atoms with E-state index in [1.165, 1.54) is 18.2 Å². The Kier molecular flexibility index (Phi) is 4.23. The summed E-state index contributed by atoms with van der Waals surface area (Å²) in [5, 5.41) is 9.45. The average Bonchev–Trinajstić information content (AvgIpc) is 2.30. The van der Waals surface area contributed by atoms with Crippen molar-refractivity contribution in [2.24, 2.45) is 0 Å². The highest BCUT2D eigenvalue weighted by Gasteiger charge is 2.40. The molecule has 0 bridgehead atoms. The molecule has 0 heterocycles. The summed E-state index contributed by atoms with van der Waals surface area (Å²) in [4.78, 5) is 13.3. The van der Waals surface area contributed by atoms with Crippen molar-refractivity contribution in [2.75, 3.05) is 13.1 Å². The molecule has 1 aromatic rings. The summed E-state index contributed by atoms with van der Waals surface area (Å²) in [6.07, 6.45) is 0. The molecule has 17 heavy (non-hydrogen) atoms. The normalized spacial score (nSPS) is 14.6. The number of aliphatic carboxylic acids is 1. The predicted molar refractivity (Wildman–Crippen MR) is 64.3 cm³/mol. The van der Waals surface area contributed by atoms with Crippen molar-refractivity contribution in [3.05, 3.63) is 35.6 Å². The molecule has 0 unspecified atom stereocenters. The third-order valence-electron chi connectivity index (χ3n) is 3.20. The fourth-order valence-corrected chi connectivity index (χ4v) is 2.09. The standard InChI is InChI=1S/C13H18FNO2/c1-4-15(5-2)13(3,12(16)17)10-7-6-8-11(14)9-10/h6-9H,4-5H2,1-3H3,(H,16,17)/t13-/m1/s1. The molecule has 94 valence electrons. The lowest BCUT2D eigenvalue weighted by atomic mass is 9.90. The Bertz CT molecular complexity index is 404. The summed E-state index contributed by atoms with van der Waals surface area (Å²) < 4.78 is 13.2. The number of carbonyl (C=O) groups is 1. The van der Waals surface area contributed by atoms with Crippen LogP contribution in [0.5, 0.6) is 0 Å². The molecule has 0 aromatic heterocycles. The van der Waals surface area contributed by atoms with E-state index >= 15 is 0 Å². The zero-order valence-corrected chi connectivity index (χ0v) is 10.4. The van der Waals surface area contributed by atoms with Crippen molar-refractivity contribution in [3.8, 4) is 0 Å². The summed E-state index contributed by atoms with van der Waals surface area (Å²) in [5.74, 6) is -1.38. The molecule has 0 saturated carbocycles. The van der Waals surface area contributed by atoms with Gasteiger partial charge in [-0.15, -0.1) is 0 Å². The molecule has 1 atom stereocenters. The molecule has 0 saturated heterocycles. The second kappa shape index (κ2) is 5.27. The molecule has 1 rings (SSSR count). The first-order valence-electron chi connectivity index (χ1n) is 5.71. The van der Waals surface area contributed by atoms with E-state index < -0.39 is 17.3 Å². The van der Waals surface area contributed by atoms with Crippen molar-refractivity contribution in [1.29, 1.82) is 0 Å². The molecule has 0 amide bonds. The van der Waals surface area contributed by atoms with E-state index in [-0.39, 0.29) is 0 Å². The van der Waals surface area contributed by atoms with E-state index in [1.807, 2.05) is 13.8 Å².